The molecule has 1 atom stereocenters. The summed E-state index contributed by atoms with van der Waals surface area (Å²) >= 11 is 0. The number of hydrogen-bond acceptors (Lipinski definition) is 4. The number of rotatable bonds is 4. The van der Waals surface area contributed by atoms with Gasteiger partial charge in [0, 0.05) is 5.56 Å². The fraction of sp³-hybridized carbons (Fsp3) is 0.375. The van der Waals surface area contributed by atoms with Crippen LogP contribution in [0.1, 0.15) is 46.6 Å². The van der Waals surface area contributed by atoms with E-state index in [4.69, 9.17) is 5.84 Å². The zero-order valence-corrected chi connectivity index (χ0v) is 12.6. The molecule has 4 heteroatoms. The highest BCUT2D eigenvalue weighted by molar-refractivity contribution is 5.38. The molecule has 1 aromatic carbocycles. The molecular formula is C16H22N4. The molecule has 0 bridgehead atoms. The molecule has 4 nitrogen and oxygen atoms in total. The summed E-state index contributed by atoms with van der Waals surface area (Å²) in [5, 5.41) is 8.42. The van der Waals surface area contributed by atoms with Crippen molar-refractivity contribution in [3.63, 3.8) is 0 Å². The molecule has 0 saturated carbocycles. The Hall–Kier alpha value is -1.78. The first-order valence-electron chi connectivity index (χ1n) is 6.93. The third kappa shape index (κ3) is 2.86. The minimum absolute atomic E-state index is 0.0570. The first-order valence-corrected chi connectivity index (χ1v) is 6.93. The summed E-state index contributed by atoms with van der Waals surface area (Å²) in [6.45, 7) is 8.25. The van der Waals surface area contributed by atoms with E-state index in [-0.39, 0.29) is 6.04 Å². The lowest BCUT2D eigenvalue weighted by molar-refractivity contribution is 0.621. The first-order chi connectivity index (χ1) is 9.56. The van der Waals surface area contributed by atoms with Crippen molar-refractivity contribution < 1.29 is 0 Å². The van der Waals surface area contributed by atoms with Gasteiger partial charge in [0.1, 0.15) is 0 Å². The first kappa shape index (κ1) is 14.6. The highest BCUT2D eigenvalue weighted by Crippen LogP contribution is 2.25. The van der Waals surface area contributed by atoms with Gasteiger partial charge in [-0.2, -0.15) is 10.2 Å². The second-order valence-corrected chi connectivity index (χ2v) is 5.18. The van der Waals surface area contributed by atoms with Gasteiger partial charge in [-0.05, 0) is 49.9 Å². The van der Waals surface area contributed by atoms with Gasteiger partial charge in [0.25, 0.3) is 0 Å². The largest absolute Gasteiger partial charge is 0.271 e. The van der Waals surface area contributed by atoms with Crippen molar-refractivity contribution in [1.82, 2.24) is 15.6 Å². The van der Waals surface area contributed by atoms with Crippen molar-refractivity contribution in [3.05, 3.63) is 57.9 Å². The third-order valence-electron chi connectivity index (χ3n) is 3.70. The predicted octanol–water partition coefficient (Wildman–Crippen LogP) is 2.52. The number of benzene rings is 1. The SMILES string of the molecule is CCc1nnc(C)cc1C(NN)c1ccc(C)c(C)c1. The van der Waals surface area contributed by atoms with Crippen molar-refractivity contribution >= 4 is 0 Å². The lowest BCUT2D eigenvalue weighted by Gasteiger charge is -2.20. The van der Waals surface area contributed by atoms with Gasteiger partial charge in [-0.15, -0.1) is 0 Å². The normalized spacial score (nSPS) is 12.4. The monoisotopic (exact) mass is 270 g/mol. The maximum Gasteiger partial charge on any atom is 0.0729 e. The molecule has 3 N–H and O–H groups in total. The zero-order valence-electron chi connectivity index (χ0n) is 12.6. The number of nitrogens with one attached hydrogen (secondary N) is 1. The highest BCUT2D eigenvalue weighted by Gasteiger charge is 2.17. The Balaban J connectivity index is 2.51. The van der Waals surface area contributed by atoms with E-state index in [2.05, 4.69) is 60.7 Å². The van der Waals surface area contributed by atoms with Crippen LogP contribution in [0.4, 0.5) is 0 Å². The molecule has 1 aromatic heterocycles. The van der Waals surface area contributed by atoms with Crippen LogP contribution in [-0.4, -0.2) is 10.2 Å². The standard InChI is InChI=1S/C16H22N4/c1-5-15-14(9-12(4)19-20-15)16(18-17)13-7-6-10(2)11(3)8-13/h6-9,16,18H,5,17H2,1-4H3. The van der Waals surface area contributed by atoms with E-state index in [0.717, 1.165) is 28.9 Å². The van der Waals surface area contributed by atoms with Crippen LogP contribution in [0, 0.1) is 20.8 Å². The van der Waals surface area contributed by atoms with Crippen LogP contribution in [0.5, 0.6) is 0 Å². The van der Waals surface area contributed by atoms with Crippen molar-refractivity contribution in [2.24, 2.45) is 5.84 Å². The Bertz CT molecular complexity index is 607. The van der Waals surface area contributed by atoms with Gasteiger partial charge in [0.05, 0.1) is 17.4 Å². The van der Waals surface area contributed by atoms with E-state index in [1.54, 1.807) is 0 Å². The summed E-state index contributed by atoms with van der Waals surface area (Å²) in [7, 11) is 0. The maximum atomic E-state index is 5.80. The van der Waals surface area contributed by atoms with E-state index < -0.39 is 0 Å². The minimum atomic E-state index is -0.0570. The van der Waals surface area contributed by atoms with E-state index in [0.29, 0.717) is 0 Å². The number of aryl methyl sites for hydroxylation is 4. The average molecular weight is 270 g/mol. The molecular weight excluding hydrogens is 248 g/mol. The maximum absolute atomic E-state index is 5.80. The molecule has 1 heterocycles. The van der Waals surface area contributed by atoms with Gasteiger partial charge < -0.3 is 0 Å². The van der Waals surface area contributed by atoms with Gasteiger partial charge in [-0.1, -0.05) is 25.1 Å². The molecule has 0 spiro atoms. The third-order valence-corrected chi connectivity index (χ3v) is 3.70. The summed E-state index contributed by atoms with van der Waals surface area (Å²) in [6, 6.07) is 8.42. The summed E-state index contributed by atoms with van der Waals surface area (Å²) in [6.07, 6.45) is 0.839. The lowest BCUT2D eigenvalue weighted by atomic mass is 9.94. The van der Waals surface area contributed by atoms with E-state index in [1.807, 2.05) is 6.92 Å². The molecule has 1 unspecified atom stereocenters. The molecule has 20 heavy (non-hydrogen) atoms. The van der Waals surface area contributed by atoms with Crippen LogP contribution < -0.4 is 11.3 Å². The minimum Gasteiger partial charge on any atom is -0.271 e. The molecule has 0 amide bonds. The van der Waals surface area contributed by atoms with Crippen LogP contribution in [0.2, 0.25) is 0 Å². The zero-order chi connectivity index (χ0) is 14.7. The Morgan fingerprint density at radius 2 is 1.85 bits per heavy atom. The average Bonchev–Trinajstić information content (AvgIpc) is 2.44. The Morgan fingerprint density at radius 1 is 1.10 bits per heavy atom. The Morgan fingerprint density at radius 3 is 2.45 bits per heavy atom. The molecule has 0 radical (unpaired) electrons. The molecule has 0 aliphatic carbocycles. The van der Waals surface area contributed by atoms with Crippen LogP contribution in [0.15, 0.2) is 24.3 Å². The van der Waals surface area contributed by atoms with Gasteiger partial charge in [-0.25, -0.2) is 5.43 Å². The van der Waals surface area contributed by atoms with E-state index in [1.165, 1.54) is 11.1 Å². The van der Waals surface area contributed by atoms with Crippen LogP contribution >= 0.6 is 0 Å². The quantitative estimate of drug-likeness (QED) is 0.662. The number of hydrazine groups is 1. The molecule has 0 fully saturated rings. The number of nitrogens with zero attached hydrogens (tertiary/aromatic N) is 2. The highest BCUT2D eigenvalue weighted by atomic mass is 15.2. The second-order valence-electron chi connectivity index (χ2n) is 5.18. The number of hydrogen-bond donors (Lipinski definition) is 2. The lowest BCUT2D eigenvalue weighted by Crippen LogP contribution is -2.30. The smallest absolute Gasteiger partial charge is 0.0729 e. The fourth-order valence-corrected chi connectivity index (χ4v) is 2.37. The van der Waals surface area contributed by atoms with Crippen molar-refractivity contribution in [2.45, 2.75) is 40.2 Å². The van der Waals surface area contributed by atoms with Gasteiger partial charge in [0.2, 0.25) is 0 Å². The van der Waals surface area contributed by atoms with Gasteiger partial charge >= 0.3 is 0 Å². The van der Waals surface area contributed by atoms with Crippen molar-refractivity contribution in [2.75, 3.05) is 0 Å². The topological polar surface area (TPSA) is 63.8 Å². The van der Waals surface area contributed by atoms with Gasteiger partial charge in [-0.3, -0.25) is 5.84 Å². The van der Waals surface area contributed by atoms with Crippen molar-refractivity contribution in [1.29, 1.82) is 0 Å². The number of aromatic nitrogens is 2. The van der Waals surface area contributed by atoms with E-state index >= 15 is 0 Å². The second kappa shape index (κ2) is 6.11. The summed E-state index contributed by atoms with van der Waals surface area (Å²) in [4.78, 5) is 0. The molecule has 0 saturated heterocycles. The Kier molecular flexibility index (Phi) is 4.47. The Labute approximate surface area is 120 Å². The van der Waals surface area contributed by atoms with E-state index in [9.17, 15) is 0 Å². The predicted molar refractivity (Wildman–Crippen MR) is 81.2 cm³/mol. The summed E-state index contributed by atoms with van der Waals surface area (Å²) in [5.41, 5.74) is 9.60. The molecule has 0 aliphatic heterocycles. The summed E-state index contributed by atoms with van der Waals surface area (Å²) < 4.78 is 0. The number of nitrogens with two attached hydrogens (primary N) is 1. The fourth-order valence-electron chi connectivity index (χ4n) is 2.37. The molecule has 2 aromatic rings. The van der Waals surface area contributed by atoms with Crippen LogP contribution in [0.25, 0.3) is 0 Å². The van der Waals surface area contributed by atoms with Crippen LogP contribution in [0.3, 0.4) is 0 Å². The molecule has 106 valence electrons. The molecule has 0 aliphatic rings. The van der Waals surface area contributed by atoms with Crippen molar-refractivity contribution in [3.8, 4) is 0 Å². The molecule has 2 rings (SSSR count). The summed E-state index contributed by atoms with van der Waals surface area (Å²) in [5.74, 6) is 5.80. The van der Waals surface area contributed by atoms with Crippen LogP contribution in [-0.2, 0) is 6.42 Å². The van der Waals surface area contributed by atoms with Gasteiger partial charge in [0.15, 0.2) is 0 Å².